The third-order valence-electron chi connectivity index (χ3n) is 4.90. The summed E-state index contributed by atoms with van der Waals surface area (Å²) in [6.07, 6.45) is 1.84. The number of hydrogen-bond acceptors (Lipinski definition) is 2. The lowest BCUT2D eigenvalue weighted by molar-refractivity contribution is 0.289. The minimum absolute atomic E-state index is 0.458. The van der Waals surface area contributed by atoms with Crippen LogP contribution in [0.2, 0.25) is 0 Å². The third-order valence-corrected chi connectivity index (χ3v) is 4.90. The van der Waals surface area contributed by atoms with Crippen molar-refractivity contribution >= 4 is 11.6 Å². The molecule has 0 unspecified atom stereocenters. The summed E-state index contributed by atoms with van der Waals surface area (Å²) >= 11 is 0. The van der Waals surface area contributed by atoms with Crippen molar-refractivity contribution < 1.29 is 9.47 Å². The van der Waals surface area contributed by atoms with E-state index in [1.54, 1.807) is 0 Å². The normalized spacial score (nSPS) is 10.1. The molecule has 0 bridgehead atoms. The molecule has 0 spiro atoms. The Hall–Kier alpha value is -3.48. The second-order valence-corrected chi connectivity index (χ2v) is 6.90. The molecule has 2 heteroatoms. The molecule has 0 aliphatic carbocycles. The molecule has 0 aromatic heterocycles. The molecule has 3 aromatic carbocycles. The fourth-order valence-corrected chi connectivity index (χ4v) is 3.02. The number of aryl methyl sites for hydroxylation is 1. The predicted molar refractivity (Wildman–Crippen MR) is 121 cm³/mol. The molecule has 2 nitrogen and oxygen atoms in total. The van der Waals surface area contributed by atoms with Gasteiger partial charge in [0.2, 0.25) is 0 Å². The van der Waals surface area contributed by atoms with Gasteiger partial charge in [0.05, 0.1) is 0 Å². The van der Waals surface area contributed by atoms with E-state index in [0.717, 1.165) is 39.3 Å². The van der Waals surface area contributed by atoms with Crippen molar-refractivity contribution in [3.63, 3.8) is 0 Å². The number of ether oxygens (including phenoxy) is 2. The number of allylic oxidation sites excluding steroid dienone is 1. The molecule has 0 heterocycles. The van der Waals surface area contributed by atoms with Gasteiger partial charge < -0.3 is 9.47 Å². The average Bonchev–Trinajstić information content (AvgIpc) is 2.76. The Morgan fingerprint density at radius 2 is 1.48 bits per heavy atom. The fraction of sp³-hybridized carbons (Fsp3) is 0.148. The molecule has 0 atom stereocenters. The first kappa shape index (κ1) is 20.3. The van der Waals surface area contributed by atoms with Crippen molar-refractivity contribution in [3.05, 3.63) is 113 Å². The molecule has 146 valence electrons. The molecule has 0 aliphatic rings. The Kier molecular flexibility index (Phi) is 6.73. The van der Waals surface area contributed by atoms with Crippen LogP contribution < -0.4 is 9.47 Å². The molecule has 0 amide bonds. The van der Waals surface area contributed by atoms with Crippen LogP contribution in [0.25, 0.3) is 11.6 Å². The molecule has 29 heavy (non-hydrogen) atoms. The molecule has 3 aromatic rings. The molecule has 0 fully saturated rings. The van der Waals surface area contributed by atoms with Gasteiger partial charge in [0.1, 0.15) is 24.7 Å². The van der Waals surface area contributed by atoms with Crippen LogP contribution in [-0.2, 0) is 13.2 Å². The molecule has 0 N–H and O–H groups in total. The van der Waals surface area contributed by atoms with E-state index in [0.29, 0.717) is 13.2 Å². The van der Waals surface area contributed by atoms with Crippen molar-refractivity contribution in [1.82, 2.24) is 0 Å². The molecular weight excluding hydrogens is 356 g/mol. The minimum atomic E-state index is 0.458. The van der Waals surface area contributed by atoms with E-state index in [1.165, 1.54) is 5.56 Å². The van der Waals surface area contributed by atoms with Crippen molar-refractivity contribution in [2.45, 2.75) is 27.1 Å². The summed E-state index contributed by atoms with van der Waals surface area (Å²) < 4.78 is 12.2. The molecule has 0 saturated carbocycles. The van der Waals surface area contributed by atoms with Crippen LogP contribution >= 0.6 is 0 Å². The van der Waals surface area contributed by atoms with E-state index in [4.69, 9.17) is 9.47 Å². The van der Waals surface area contributed by atoms with Crippen LogP contribution in [0.1, 0.15) is 34.7 Å². The number of benzene rings is 3. The van der Waals surface area contributed by atoms with Gasteiger partial charge in [-0.05, 0) is 59.4 Å². The topological polar surface area (TPSA) is 18.5 Å². The lowest BCUT2D eigenvalue weighted by Crippen LogP contribution is -2.01. The van der Waals surface area contributed by atoms with E-state index in [-0.39, 0.29) is 0 Å². The lowest BCUT2D eigenvalue weighted by atomic mass is 10.1. The Labute approximate surface area is 173 Å². The van der Waals surface area contributed by atoms with E-state index < -0.39 is 0 Å². The first-order chi connectivity index (χ1) is 14.1. The largest absolute Gasteiger partial charge is 0.489 e. The highest BCUT2D eigenvalue weighted by atomic mass is 16.5. The minimum Gasteiger partial charge on any atom is -0.489 e. The van der Waals surface area contributed by atoms with E-state index >= 15 is 0 Å². The summed E-state index contributed by atoms with van der Waals surface area (Å²) in [4.78, 5) is 0. The zero-order valence-corrected chi connectivity index (χ0v) is 17.1. The highest BCUT2D eigenvalue weighted by molar-refractivity contribution is 5.66. The monoisotopic (exact) mass is 382 g/mol. The second kappa shape index (κ2) is 9.64. The maximum Gasteiger partial charge on any atom is 0.124 e. The highest BCUT2D eigenvalue weighted by Gasteiger charge is 2.07. The predicted octanol–water partition coefficient (Wildman–Crippen LogP) is 6.98. The molecule has 0 saturated heterocycles. The first-order valence-electron chi connectivity index (χ1n) is 9.63. The van der Waals surface area contributed by atoms with Crippen LogP contribution in [0.5, 0.6) is 11.5 Å². The summed E-state index contributed by atoms with van der Waals surface area (Å²) in [6.45, 7) is 12.7. The Bertz CT molecular complexity index is 1060. The SMILES string of the molecule is C=C=C(C)c1cc(OCc2ccccc2C)cc(OCc2ccccc2C=C)c1. The average molecular weight is 383 g/mol. The van der Waals surface area contributed by atoms with Gasteiger partial charge in [-0.2, -0.15) is 0 Å². The van der Waals surface area contributed by atoms with Gasteiger partial charge in [0, 0.05) is 6.07 Å². The smallest absolute Gasteiger partial charge is 0.124 e. The standard InChI is InChI=1S/C27H26O2/c1-5-20(3)25-15-26(28-18-23-13-8-7-11-21(23)4)17-27(16-25)29-19-24-14-10-9-12-22(24)6-2/h6-17H,1-2,18-19H2,3-4H3. The van der Waals surface area contributed by atoms with E-state index in [2.05, 4.69) is 37.9 Å². The van der Waals surface area contributed by atoms with Crippen molar-refractivity contribution in [1.29, 1.82) is 0 Å². The van der Waals surface area contributed by atoms with Gasteiger partial charge in [0.25, 0.3) is 0 Å². The Morgan fingerprint density at radius 1 is 0.897 bits per heavy atom. The van der Waals surface area contributed by atoms with Gasteiger partial charge in [-0.3, -0.25) is 0 Å². The summed E-state index contributed by atoms with van der Waals surface area (Å²) in [6, 6.07) is 22.2. The molecule has 0 aliphatic heterocycles. The first-order valence-corrected chi connectivity index (χ1v) is 9.63. The van der Waals surface area contributed by atoms with Crippen LogP contribution in [-0.4, -0.2) is 0 Å². The van der Waals surface area contributed by atoms with Crippen LogP contribution in [0.4, 0.5) is 0 Å². The van der Waals surface area contributed by atoms with Crippen LogP contribution in [0.15, 0.2) is 85.6 Å². The van der Waals surface area contributed by atoms with Crippen LogP contribution in [0.3, 0.4) is 0 Å². The van der Waals surface area contributed by atoms with Crippen LogP contribution in [0, 0.1) is 6.92 Å². The summed E-state index contributed by atoms with van der Waals surface area (Å²) in [5.41, 5.74) is 9.42. The van der Waals surface area contributed by atoms with Crippen molar-refractivity contribution in [2.75, 3.05) is 0 Å². The number of hydrogen-bond donors (Lipinski definition) is 0. The van der Waals surface area contributed by atoms with E-state index in [1.807, 2.05) is 67.6 Å². The van der Waals surface area contributed by atoms with Gasteiger partial charge in [-0.15, -0.1) is 5.73 Å². The lowest BCUT2D eigenvalue weighted by Gasteiger charge is -2.14. The Morgan fingerprint density at radius 3 is 2.10 bits per heavy atom. The van der Waals surface area contributed by atoms with Crippen molar-refractivity contribution in [2.24, 2.45) is 0 Å². The molecule has 3 rings (SSSR count). The summed E-state index contributed by atoms with van der Waals surface area (Å²) in [7, 11) is 0. The highest BCUT2D eigenvalue weighted by Crippen LogP contribution is 2.28. The number of rotatable bonds is 8. The molecular formula is C27H26O2. The zero-order valence-electron chi connectivity index (χ0n) is 17.1. The van der Waals surface area contributed by atoms with Gasteiger partial charge in [0.15, 0.2) is 0 Å². The maximum absolute atomic E-state index is 6.10. The maximum atomic E-state index is 6.10. The van der Waals surface area contributed by atoms with Gasteiger partial charge in [-0.1, -0.05) is 67.8 Å². The third kappa shape index (κ3) is 5.28. The van der Waals surface area contributed by atoms with Gasteiger partial charge >= 0.3 is 0 Å². The zero-order chi connectivity index (χ0) is 20.6. The summed E-state index contributed by atoms with van der Waals surface area (Å²) in [5, 5.41) is 0. The quantitative estimate of drug-likeness (QED) is 0.391. The summed E-state index contributed by atoms with van der Waals surface area (Å²) in [5.74, 6) is 1.50. The Balaban J connectivity index is 1.82. The van der Waals surface area contributed by atoms with E-state index in [9.17, 15) is 0 Å². The van der Waals surface area contributed by atoms with Gasteiger partial charge in [-0.25, -0.2) is 0 Å². The van der Waals surface area contributed by atoms with Crippen molar-refractivity contribution in [3.8, 4) is 11.5 Å². The second-order valence-electron chi connectivity index (χ2n) is 6.90. The molecule has 0 radical (unpaired) electrons. The fourth-order valence-electron chi connectivity index (χ4n) is 3.02.